The molecule has 0 heterocycles. The topological polar surface area (TPSA) is 89.8 Å². The Hall–Kier alpha value is -0.650. The van der Waals surface area contributed by atoms with Gasteiger partial charge in [0, 0.05) is 6.42 Å². The Morgan fingerprint density at radius 3 is 1.55 bits per heavy atom. The number of nitrogens with one attached hydrogen (secondary N) is 1. The van der Waals surface area contributed by atoms with E-state index in [2.05, 4.69) is 19.2 Å². The van der Waals surface area contributed by atoms with E-state index < -0.39 is 18.2 Å². The second kappa shape index (κ2) is 22.5. The molecule has 0 aromatic heterocycles. The highest BCUT2D eigenvalue weighted by Crippen LogP contribution is 2.15. The minimum Gasteiger partial charge on any atom is -0.394 e. The van der Waals surface area contributed by atoms with Crippen LogP contribution in [0.2, 0.25) is 0 Å². The van der Waals surface area contributed by atoms with Gasteiger partial charge in [-0.2, -0.15) is 0 Å². The molecule has 0 aromatic rings. The first kappa shape index (κ1) is 30.4. The number of hydrogen-bond donors (Lipinski definition) is 4. The molecular formula is C26H53NO4. The number of carbonyl (C=O) groups is 1. The lowest BCUT2D eigenvalue weighted by atomic mass is 9.99. The Morgan fingerprint density at radius 1 is 0.677 bits per heavy atom. The number of amides is 1. The molecule has 3 unspecified atom stereocenters. The maximum absolute atomic E-state index is 12.0. The van der Waals surface area contributed by atoms with E-state index >= 15 is 0 Å². The number of hydrogen-bond acceptors (Lipinski definition) is 4. The molecule has 3 atom stereocenters. The normalized spacial score (nSPS) is 14.4. The molecule has 0 aliphatic heterocycles. The molecule has 5 heteroatoms. The summed E-state index contributed by atoms with van der Waals surface area (Å²) >= 11 is 0. The first-order chi connectivity index (χ1) is 15.1. The average Bonchev–Trinajstić information content (AvgIpc) is 2.77. The Kier molecular flexibility index (Phi) is 22.1. The molecule has 4 N–H and O–H groups in total. The summed E-state index contributed by atoms with van der Waals surface area (Å²) in [6.07, 6.45) is 19.3. The fraction of sp³-hybridized carbons (Fsp3) is 0.962. The van der Waals surface area contributed by atoms with Crippen LogP contribution in [0.3, 0.4) is 0 Å². The molecule has 0 fully saturated rings. The van der Waals surface area contributed by atoms with Crippen molar-refractivity contribution in [2.24, 2.45) is 0 Å². The quantitative estimate of drug-likeness (QED) is 0.154. The molecule has 0 saturated carbocycles. The van der Waals surface area contributed by atoms with Crippen LogP contribution in [0.4, 0.5) is 0 Å². The summed E-state index contributed by atoms with van der Waals surface area (Å²) in [4.78, 5) is 12.0. The van der Waals surface area contributed by atoms with Crippen molar-refractivity contribution in [3.8, 4) is 0 Å². The number of aliphatic hydroxyl groups is 3. The molecule has 0 aliphatic rings. The van der Waals surface area contributed by atoms with Crippen LogP contribution in [0, 0.1) is 0 Å². The van der Waals surface area contributed by atoms with E-state index in [0.29, 0.717) is 12.8 Å². The van der Waals surface area contributed by atoms with Gasteiger partial charge in [0.1, 0.15) is 6.10 Å². The molecule has 5 nitrogen and oxygen atoms in total. The molecule has 0 spiro atoms. The minimum atomic E-state index is -1.12. The van der Waals surface area contributed by atoms with Gasteiger partial charge in [-0.25, -0.2) is 0 Å². The van der Waals surface area contributed by atoms with Gasteiger partial charge in [-0.15, -0.1) is 0 Å². The van der Waals surface area contributed by atoms with Gasteiger partial charge in [0.15, 0.2) is 0 Å². The van der Waals surface area contributed by atoms with Gasteiger partial charge >= 0.3 is 0 Å². The summed E-state index contributed by atoms with van der Waals surface area (Å²) in [5.74, 6) is -0.160. The fourth-order valence-corrected chi connectivity index (χ4v) is 4.04. The smallest absolute Gasteiger partial charge is 0.220 e. The standard InChI is InChI=1S/C26H53NO4/c1-3-5-7-9-10-11-12-13-14-15-17-18-20-24(29)26(31)23(22-28)27-25(30)21-19-16-8-6-4-2/h23-24,26,28-29,31H,3-22H2,1-2H3,(H,27,30). The summed E-state index contributed by atoms with van der Waals surface area (Å²) in [6, 6.07) is -0.796. The van der Waals surface area contributed by atoms with Gasteiger partial charge < -0.3 is 20.6 Å². The number of aliphatic hydroxyl groups excluding tert-OH is 3. The van der Waals surface area contributed by atoms with Crippen LogP contribution in [0.5, 0.6) is 0 Å². The van der Waals surface area contributed by atoms with Gasteiger partial charge in [-0.05, 0) is 12.8 Å². The molecule has 0 saturated heterocycles. The molecule has 0 radical (unpaired) electrons. The zero-order chi connectivity index (χ0) is 23.2. The third-order valence-corrected chi connectivity index (χ3v) is 6.21. The summed E-state index contributed by atoms with van der Waals surface area (Å²) in [5.41, 5.74) is 0. The number of unbranched alkanes of at least 4 members (excludes halogenated alkanes) is 15. The van der Waals surface area contributed by atoms with Crippen molar-refractivity contribution in [1.29, 1.82) is 0 Å². The Morgan fingerprint density at radius 2 is 1.10 bits per heavy atom. The van der Waals surface area contributed by atoms with Crippen molar-refractivity contribution in [1.82, 2.24) is 5.32 Å². The van der Waals surface area contributed by atoms with E-state index in [1.165, 1.54) is 70.6 Å². The van der Waals surface area contributed by atoms with E-state index in [1.54, 1.807) is 0 Å². The summed E-state index contributed by atoms with van der Waals surface area (Å²) in [6.45, 7) is 4.04. The lowest BCUT2D eigenvalue weighted by Gasteiger charge is -2.26. The van der Waals surface area contributed by atoms with Crippen LogP contribution in [-0.2, 0) is 4.79 Å². The van der Waals surface area contributed by atoms with Gasteiger partial charge in [0.25, 0.3) is 0 Å². The third kappa shape index (κ3) is 18.6. The van der Waals surface area contributed by atoms with Crippen molar-refractivity contribution in [2.75, 3.05) is 6.61 Å². The molecule has 0 bridgehead atoms. The van der Waals surface area contributed by atoms with Crippen LogP contribution in [0.15, 0.2) is 0 Å². The lowest BCUT2D eigenvalue weighted by Crippen LogP contribution is -2.50. The summed E-state index contributed by atoms with van der Waals surface area (Å²) < 4.78 is 0. The molecule has 0 rings (SSSR count). The first-order valence-corrected chi connectivity index (χ1v) is 13.3. The molecule has 186 valence electrons. The van der Waals surface area contributed by atoms with Crippen LogP contribution >= 0.6 is 0 Å². The molecule has 0 aromatic carbocycles. The second-order valence-electron chi connectivity index (χ2n) is 9.26. The minimum absolute atomic E-state index is 0.160. The van der Waals surface area contributed by atoms with Crippen molar-refractivity contribution >= 4 is 5.91 Å². The largest absolute Gasteiger partial charge is 0.394 e. The molecule has 31 heavy (non-hydrogen) atoms. The predicted molar refractivity (Wildman–Crippen MR) is 130 cm³/mol. The van der Waals surface area contributed by atoms with Gasteiger partial charge in [-0.3, -0.25) is 4.79 Å². The summed E-state index contributed by atoms with van der Waals surface area (Å²) in [5, 5.41) is 32.8. The number of carbonyl (C=O) groups excluding carboxylic acids is 1. The zero-order valence-corrected chi connectivity index (χ0v) is 20.6. The Balaban J connectivity index is 3.76. The van der Waals surface area contributed by atoms with Crippen LogP contribution in [0.25, 0.3) is 0 Å². The van der Waals surface area contributed by atoms with E-state index in [-0.39, 0.29) is 12.5 Å². The van der Waals surface area contributed by atoms with E-state index in [1.807, 2.05) is 0 Å². The lowest BCUT2D eigenvalue weighted by molar-refractivity contribution is -0.124. The predicted octanol–water partition coefficient (Wildman–Crippen LogP) is 5.64. The number of rotatable bonds is 23. The SMILES string of the molecule is CCCCCCCCCCCCCCC(O)C(O)C(CO)NC(=O)CCCCCCC. The zero-order valence-electron chi connectivity index (χ0n) is 20.6. The highest BCUT2D eigenvalue weighted by molar-refractivity contribution is 5.76. The average molecular weight is 444 g/mol. The Bertz CT molecular complexity index is 392. The van der Waals surface area contributed by atoms with Gasteiger partial charge in [0.05, 0.1) is 18.8 Å². The Labute approximate surface area is 192 Å². The monoisotopic (exact) mass is 443 g/mol. The summed E-state index contributed by atoms with van der Waals surface area (Å²) in [7, 11) is 0. The van der Waals surface area contributed by atoms with Crippen LogP contribution in [-0.4, -0.2) is 46.1 Å². The highest BCUT2D eigenvalue weighted by Gasteiger charge is 2.26. The van der Waals surface area contributed by atoms with Crippen molar-refractivity contribution < 1.29 is 20.1 Å². The second-order valence-corrected chi connectivity index (χ2v) is 9.26. The molecule has 0 aliphatic carbocycles. The van der Waals surface area contributed by atoms with Crippen molar-refractivity contribution in [3.63, 3.8) is 0 Å². The van der Waals surface area contributed by atoms with E-state index in [9.17, 15) is 20.1 Å². The van der Waals surface area contributed by atoms with Crippen LogP contribution < -0.4 is 5.32 Å². The highest BCUT2D eigenvalue weighted by atomic mass is 16.3. The third-order valence-electron chi connectivity index (χ3n) is 6.21. The maximum Gasteiger partial charge on any atom is 0.220 e. The maximum atomic E-state index is 12.0. The fourth-order valence-electron chi connectivity index (χ4n) is 4.04. The van der Waals surface area contributed by atoms with Gasteiger partial charge in [0.2, 0.25) is 5.91 Å². The van der Waals surface area contributed by atoms with Crippen molar-refractivity contribution in [2.45, 2.75) is 154 Å². The molecular weight excluding hydrogens is 390 g/mol. The van der Waals surface area contributed by atoms with Crippen molar-refractivity contribution in [3.05, 3.63) is 0 Å². The van der Waals surface area contributed by atoms with Crippen LogP contribution in [0.1, 0.15) is 136 Å². The van der Waals surface area contributed by atoms with E-state index in [4.69, 9.17) is 0 Å². The molecule has 1 amide bonds. The van der Waals surface area contributed by atoms with E-state index in [0.717, 1.165) is 38.5 Å². The first-order valence-electron chi connectivity index (χ1n) is 13.3. The van der Waals surface area contributed by atoms with Gasteiger partial charge in [-0.1, -0.05) is 117 Å².